The van der Waals surface area contributed by atoms with Crippen molar-refractivity contribution in [1.29, 1.82) is 0 Å². The Kier molecular flexibility index (Phi) is 13.5. The molecule has 0 atom stereocenters. The first-order valence-corrected chi connectivity index (χ1v) is 23.4. The van der Waals surface area contributed by atoms with Gasteiger partial charge in [-0.1, -0.05) is 140 Å². The number of para-hydroxylation sites is 4. The van der Waals surface area contributed by atoms with Crippen LogP contribution >= 0.6 is 22.6 Å². The maximum absolute atomic E-state index is 4.16. The van der Waals surface area contributed by atoms with E-state index in [4.69, 9.17) is 0 Å². The predicted octanol–water partition coefficient (Wildman–Crippen LogP) is 17.8. The van der Waals surface area contributed by atoms with Crippen molar-refractivity contribution in [2.75, 3.05) is 14.7 Å². The standard InChI is InChI=1S/C61H51IN4/c1-4-22-49(34-21-43-63-60-36-19-18-35-57(60)58-45-56(41-42-61(58)63)65(51-29-14-8-15-30-51)52-31-16-9-17-32-52)64(50-27-12-7-13-28-50)53-37-39-54(40-38-53)66(59(23-5-2)46(3)62)55-33-20-26-48(44-55)47-24-10-6-11-25-47/h4-42,44-45H,1,43H2,2-3H3/b23-5-,34-21-,49-22+,59-46-. The zero-order valence-corrected chi connectivity index (χ0v) is 39.4. The number of halogens is 1. The predicted molar refractivity (Wildman–Crippen MR) is 292 cm³/mol. The number of hydrogen-bond donors (Lipinski definition) is 0. The van der Waals surface area contributed by atoms with E-state index in [0.717, 1.165) is 51.2 Å². The van der Waals surface area contributed by atoms with Crippen LogP contribution in [-0.2, 0) is 6.54 Å². The van der Waals surface area contributed by atoms with Gasteiger partial charge in [-0.05, 0) is 163 Å². The van der Waals surface area contributed by atoms with Crippen molar-refractivity contribution in [1.82, 2.24) is 4.57 Å². The average molecular weight is 967 g/mol. The normalized spacial score (nSPS) is 12.2. The molecule has 1 aromatic heterocycles. The van der Waals surface area contributed by atoms with Gasteiger partial charge >= 0.3 is 0 Å². The molecule has 0 aliphatic heterocycles. The lowest BCUT2D eigenvalue weighted by Gasteiger charge is -2.30. The second-order valence-electron chi connectivity index (χ2n) is 15.9. The Bertz CT molecular complexity index is 3160. The minimum Gasteiger partial charge on any atom is -0.337 e. The molecule has 9 aromatic rings. The molecule has 0 unspecified atom stereocenters. The summed E-state index contributed by atoms with van der Waals surface area (Å²) in [6.07, 6.45) is 12.7. The fourth-order valence-electron chi connectivity index (χ4n) is 8.74. The summed E-state index contributed by atoms with van der Waals surface area (Å²) < 4.78 is 3.61. The largest absolute Gasteiger partial charge is 0.337 e. The quantitative estimate of drug-likeness (QED) is 0.0752. The summed E-state index contributed by atoms with van der Waals surface area (Å²) in [5.74, 6) is 0. The summed E-state index contributed by atoms with van der Waals surface area (Å²) in [6, 6.07) is 75.6. The van der Waals surface area contributed by atoms with Crippen molar-refractivity contribution in [3.8, 4) is 11.1 Å². The summed E-state index contributed by atoms with van der Waals surface area (Å²) in [6.45, 7) is 9.07. The van der Waals surface area contributed by atoms with Crippen molar-refractivity contribution >= 4 is 84.2 Å². The highest BCUT2D eigenvalue weighted by molar-refractivity contribution is 14.1. The van der Waals surface area contributed by atoms with Gasteiger partial charge in [0.15, 0.2) is 0 Å². The molecule has 8 aromatic carbocycles. The third kappa shape index (κ3) is 9.30. The molecule has 0 radical (unpaired) electrons. The number of allylic oxidation sites excluding steroid dienone is 7. The number of fused-ring (bicyclic) bond motifs is 3. The zero-order valence-electron chi connectivity index (χ0n) is 37.3. The zero-order chi connectivity index (χ0) is 45.2. The van der Waals surface area contributed by atoms with Gasteiger partial charge in [-0.3, -0.25) is 0 Å². The van der Waals surface area contributed by atoms with Crippen molar-refractivity contribution in [3.05, 3.63) is 270 Å². The van der Waals surface area contributed by atoms with Gasteiger partial charge in [-0.25, -0.2) is 0 Å². The molecule has 322 valence electrons. The second kappa shape index (κ2) is 20.5. The highest BCUT2D eigenvalue weighted by atomic mass is 127. The number of benzene rings is 8. The average Bonchev–Trinajstić information content (AvgIpc) is 3.68. The number of rotatable bonds is 15. The van der Waals surface area contributed by atoms with Crippen LogP contribution in [0.2, 0.25) is 0 Å². The molecule has 0 aliphatic rings. The maximum atomic E-state index is 4.16. The number of anilines is 7. The highest BCUT2D eigenvalue weighted by Gasteiger charge is 2.20. The first kappa shape index (κ1) is 43.6. The van der Waals surface area contributed by atoms with Crippen LogP contribution in [0.25, 0.3) is 32.9 Å². The monoisotopic (exact) mass is 966 g/mol. The molecule has 0 amide bonds. The van der Waals surface area contributed by atoms with Crippen LogP contribution in [0.15, 0.2) is 270 Å². The van der Waals surface area contributed by atoms with E-state index in [1.807, 2.05) is 6.08 Å². The van der Waals surface area contributed by atoms with Crippen LogP contribution in [0, 0.1) is 0 Å². The third-order valence-corrected chi connectivity index (χ3v) is 12.2. The molecule has 0 saturated carbocycles. The summed E-state index contributed by atoms with van der Waals surface area (Å²) in [4.78, 5) is 6.97. The lowest BCUT2D eigenvalue weighted by atomic mass is 10.0. The van der Waals surface area contributed by atoms with Gasteiger partial charge in [-0.15, -0.1) is 0 Å². The van der Waals surface area contributed by atoms with Crippen LogP contribution < -0.4 is 14.7 Å². The van der Waals surface area contributed by atoms with Crippen LogP contribution in [0.1, 0.15) is 13.8 Å². The van der Waals surface area contributed by atoms with Crippen molar-refractivity contribution < 1.29 is 0 Å². The first-order chi connectivity index (χ1) is 32.5. The first-order valence-electron chi connectivity index (χ1n) is 22.3. The highest BCUT2D eigenvalue weighted by Crippen LogP contribution is 2.40. The van der Waals surface area contributed by atoms with Gasteiger partial charge in [0.05, 0.1) is 5.70 Å². The lowest BCUT2D eigenvalue weighted by molar-refractivity contribution is 0.897. The van der Waals surface area contributed by atoms with Crippen molar-refractivity contribution in [2.45, 2.75) is 20.4 Å². The van der Waals surface area contributed by atoms with Gasteiger partial charge in [0.2, 0.25) is 0 Å². The number of aromatic nitrogens is 1. The Balaban J connectivity index is 1.07. The van der Waals surface area contributed by atoms with Crippen LogP contribution in [0.3, 0.4) is 0 Å². The molecule has 0 saturated heterocycles. The third-order valence-electron chi connectivity index (χ3n) is 11.7. The van der Waals surface area contributed by atoms with E-state index in [9.17, 15) is 0 Å². The van der Waals surface area contributed by atoms with Crippen LogP contribution in [0.5, 0.6) is 0 Å². The molecule has 0 aliphatic carbocycles. The molecule has 1 heterocycles. The molecule has 0 N–H and O–H groups in total. The van der Waals surface area contributed by atoms with Gasteiger partial charge < -0.3 is 19.3 Å². The Morgan fingerprint density at radius 1 is 0.500 bits per heavy atom. The molecule has 0 bridgehead atoms. The molecular formula is C61H51IN4. The molecule has 0 spiro atoms. The van der Waals surface area contributed by atoms with E-state index in [-0.39, 0.29) is 0 Å². The van der Waals surface area contributed by atoms with Crippen LogP contribution in [0.4, 0.5) is 39.8 Å². The van der Waals surface area contributed by atoms with E-state index < -0.39 is 0 Å². The van der Waals surface area contributed by atoms with Gasteiger partial charge in [0.1, 0.15) is 0 Å². The Morgan fingerprint density at radius 3 is 1.64 bits per heavy atom. The topological polar surface area (TPSA) is 14.7 Å². The molecule has 5 heteroatoms. The van der Waals surface area contributed by atoms with E-state index in [1.165, 1.54) is 36.5 Å². The summed E-state index contributed by atoms with van der Waals surface area (Å²) in [5.41, 5.74) is 14.4. The van der Waals surface area contributed by atoms with Crippen LogP contribution in [-0.4, -0.2) is 4.57 Å². The van der Waals surface area contributed by atoms with Gasteiger partial charge in [0.25, 0.3) is 0 Å². The summed E-state index contributed by atoms with van der Waals surface area (Å²) in [5, 5.41) is 2.44. The van der Waals surface area contributed by atoms with Gasteiger partial charge in [0, 0.05) is 77.4 Å². The molecular weight excluding hydrogens is 916 g/mol. The minimum atomic E-state index is 0.674. The van der Waals surface area contributed by atoms with Crippen molar-refractivity contribution in [2.24, 2.45) is 0 Å². The van der Waals surface area contributed by atoms with Crippen molar-refractivity contribution in [3.63, 3.8) is 0 Å². The Labute approximate surface area is 402 Å². The minimum absolute atomic E-state index is 0.674. The number of hydrogen-bond acceptors (Lipinski definition) is 3. The SMILES string of the molecule is C=C/C=C(\C=C/Cn1c2ccccc2c2cc(N(c3ccccc3)c3ccccc3)ccc21)N(c1ccccc1)c1ccc(N(C(/C=C\C)=C(/C)I)c2cccc(-c3ccccc3)c2)cc1. The van der Waals surface area contributed by atoms with E-state index in [2.05, 4.69) is 305 Å². The lowest BCUT2D eigenvalue weighted by Crippen LogP contribution is -2.17. The van der Waals surface area contributed by atoms with E-state index in [0.29, 0.717) is 6.54 Å². The Hall–Kier alpha value is -7.61. The fourth-order valence-corrected chi connectivity index (χ4v) is 9.16. The summed E-state index contributed by atoms with van der Waals surface area (Å²) in [7, 11) is 0. The Morgan fingerprint density at radius 2 is 1.02 bits per heavy atom. The molecule has 9 rings (SSSR count). The molecule has 66 heavy (non-hydrogen) atoms. The van der Waals surface area contributed by atoms with E-state index in [1.54, 1.807) is 0 Å². The summed E-state index contributed by atoms with van der Waals surface area (Å²) >= 11 is 2.44. The second-order valence-corrected chi connectivity index (χ2v) is 17.5. The van der Waals surface area contributed by atoms with Gasteiger partial charge in [-0.2, -0.15) is 0 Å². The van der Waals surface area contributed by atoms with E-state index >= 15 is 0 Å². The fraction of sp³-hybridized carbons (Fsp3) is 0.0492. The maximum Gasteiger partial charge on any atom is 0.0548 e. The smallest absolute Gasteiger partial charge is 0.0548 e. The molecule has 0 fully saturated rings. The molecule has 4 nitrogen and oxygen atoms in total. The number of nitrogens with zero attached hydrogens (tertiary/aromatic N) is 4.